The van der Waals surface area contributed by atoms with Crippen LogP contribution in [0.3, 0.4) is 0 Å². The molecule has 0 saturated carbocycles. The van der Waals surface area contributed by atoms with Gasteiger partial charge in [0.25, 0.3) is 5.91 Å². The molecule has 2 aromatic rings. The minimum atomic E-state index is -0.361. The molecule has 1 fully saturated rings. The first-order valence-electron chi connectivity index (χ1n) is 8.17. The second-order valence-corrected chi connectivity index (χ2v) is 5.92. The molecule has 1 N–H and O–H groups in total. The van der Waals surface area contributed by atoms with Crippen LogP contribution >= 0.6 is 0 Å². The monoisotopic (exact) mass is 358 g/mol. The van der Waals surface area contributed by atoms with E-state index in [1.807, 2.05) is 0 Å². The molecule has 1 heterocycles. The van der Waals surface area contributed by atoms with Crippen molar-refractivity contribution >= 4 is 17.5 Å². The lowest BCUT2D eigenvalue weighted by molar-refractivity contribution is -0.123. The van der Waals surface area contributed by atoms with Crippen LogP contribution in [0.15, 0.2) is 48.5 Å². The van der Waals surface area contributed by atoms with Gasteiger partial charge in [0.2, 0.25) is 5.91 Å². The molecule has 1 saturated heterocycles. The Morgan fingerprint density at radius 2 is 1.96 bits per heavy atom. The number of methoxy groups -OCH3 is 1. The molecule has 0 radical (unpaired) electrons. The summed E-state index contributed by atoms with van der Waals surface area (Å²) < 4.78 is 23.5. The maximum atomic E-state index is 13.0. The predicted octanol–water partition coefficient (Wildman–Crippen LogP) is 2.13. The van der Waals surface area contributed by atoms with Crippen LogP contribution in [0.4, 0.5) is 10.1 Å². The van der Waals surface area contributed by atoms with E-state index < -0.39 is 0 Å². The number of ether oxygens (including phenoxy) is 2. The Morgan fingerprint density at radius 1 is 1.23 bits per heavy atom. The van der Waals surface area contributed by atoms with Gasteiger partial charge in [-0.15, -0.1) is 0 Å². The standard InChI is InChI=1S/C19H19FN2O4/c1-25-16-3-2-4-17(10-16)26-12-18(23)21-14-9-19(24)22(11-14)15-7-5-13(20)6-8-15/h2-8,10,14H,9,11-12H2,1H3,(H,21,23). The molecule has 0 aromatic heterocycles. The molecule has 1 aliphatic heterocycles. The number of hydrogen-bond acceptors (Lipinski definition) is 4. The fourth-order valence-corrected chi connectivity index (χ4v) is 2.78. The molecule has 0 spiro atoms. The maximum Gasteiger partial charge on any atom is 0.258 e. The highest BCUT2D eigenvalue weighted by molar-refractivity contribution is 5.96. The van der Waals surface area contributed by atoms with Crippen LogP contribution in [0.1, 0.15) is 6.42 Å². The van der Waals surface area contributed by atoms with Gasteiger partial charge in [0, 0.05) is 24.7 Å². The number of rotatable bonds is 6. The van der Waals surface area contributed by atoms with Gasteiger partial charge in [-0.2, -0.15) is 0 Å². The molecule has 2 amide bonds. The molecule has 0 aliphatic carbocycles. The first kappa shape index (κ1) is 17.7. The van der Waals surface area contributed by atoms with Crippen molar-refractivity contribution in [3.63, 3.8) is 0 Å². The van der Waals surface area contributed by atoms with E-state index in [1.165, 1.54) is 17.0 Å². The lowest BCUT2D eigenvalue weighted by atomic mass is 10.2. The highest BCUT2D eigenvalue weighted by Crippen LogP contribution is 2.22. The van der Waals surface area contributed by atoms with E-state index in [1.54, 1.807) is 43.5 Å². The topological polar surface area (TPSA) is 67.9 Å². The van der Waals surface area contributed by atoms with Crippen LogP contribution < -0.4 is 19.7 Å². The lowest BCUT2D eigenvalue weighted by Crippen LogP contribution is -2.39. The number of hydrogen-bond donors (Lipinski definition) is 1. The number of carbonyl (C=O) groups is 2. The molecule has 1 unspecified atom stereocenters. The molecule has 0 bridgehead atoms. The van der Waals surface area contributed by atoms with Gasteiger partial charge in [0.15, 0.2) is 6.61 Å². The lowest BCUT2D eigenvalue weighted by Gasteiger charge is -2.17. The second-order valence-electron chi connectivity index (χ2n) is 5.92. The van der Waals surface area contributed by atoms with Crippen LogP contribution in [-0.2, 0) is 9.59 Å². The zero-order valence-electron chi connectivity index (χ0n) is 14.3. The zero-order valence-corrected chi connectivity index (χ0v) is 14.3. The summed E-state index contributed by atoms with van der Waals surface area (Å²) in [4.78, 5) is 25.7. The highest BCUT2D eigenvalue weighted by Gasteiger charge is 2.31. The molecule has 26 heavy (non-hydrogen) atoms. The summed E-state index contributed by atoms with van der Waals surface area (Å²) in [5.41, 5.74) is 0.612. The summed E-state index contributed by atoms with van der Waals surface area (Å²) in [5.74, 6) is 0.372. The summed E-state index contributed by atoms with van der Waals surface area (Å²) in [6.07, 6.45) is 0.197. The Bertz CT molecular complexity index is 794. The van der Waals surface area contributed by atoms with Crippen molar-refractivity contribution in [2.75, 3.05) is 25.2 Å². The Hall–Kier alpha value is -3.09. The van der Waals surface area contributed by atoms with Crippen LogP contribution in [0.2, 0.25) is 0 Å². The van der Waals surface area contributed by atoms with Crippen molar-refractivity contribution in [3.05, 3.63) is 54.3 Å². The van der Waals surface area contributed by atoms with Crippen molar-refractivity contribution in [1.29, 1.82) is 0 Å². The quantitative estimate of drug-likeness (QED) is 0.859. The minimum Gasteiger partial charge on any atom is -0.497 e. The SMILES string of the molecule is COc1cccc(OCC(=O)NC2CC(=O)N(c3ccc(F)cc3)C2)c1. The summed E-state index contributed by atoms with van der Waals surface area (Å²) in [5, 5.41) is 2.79. The molecular formula is C19H19FN2O4. The number of nitrogens with one attached hydrogen (secondary N) is 1. The average molecular weight is 358 g/mol. The third-order valence-corrected chi connectivity index (χ3v) is 4.04. The zero-order chi connectivity index (χ0) is 18.5. The fourth-order valence-electron chi connectivity index (χ4n) is 2.78. The number of amides is 2. The molecule has 7 heteroatoms. The summed E-state index contributed by atoms with van der Waals surface area (Å²) in [6.45, 7) is 0.184. The van der Waals surface area contributed by atoms with Gasteiger partial charge in [-0.25, -0.2) is 4.39 Å². The Kier molecular flexibility index (Phi) is 5.36. The van der Waals surface area contributed by atoms with Gasteiger partial charge in [-0.1, -0.05) is 6.07 Å². The van der Waals surface area contributed by atoms with E-state index in [0.717, 1.165) is 0 Å². The normalized spacial score (nSPS) is 16.5. The van der Waals surface area contributed by atoms with E-state index in [4.69, 9.17) is 9.47 Å². The van der Waals surface area contributed by atoms with Gasteiger partial charge in [-0.3, -0.25) is 9.59 Å². The number of carbonyl (C=O) groups excluding carboxylic acids is 2. The van der Waals surface area contributed by atoms with Gasteiger partial charge in [0.05, 0.1) is 13.2 Å². The van der Waals surface area contributed by atoms with Crippen molar-refractivity contribution < 1.29 is 23.5 Å². The Labute approximate surface area is 150 Å². The smallest absolute Gasteiger partial charge is 0.258 e. The van der Waals surface area contributed by atoms with E-state index in [2.05, 4.69) is 5.32 Å². The second kappa shape index (κ2) is 7.86. The van der Waals surface area contributed by atoms with Crippen molar-refractivity contribution in [2.45, 2.75) is 12.5 Å². The minimum absolute atomic E-state index is 0.115. The third-order valence-electron chi connectivity index (χ3n) is 4.04. The van der Waals surface area contributed by atoms with E-state index in [0.29, 0.717) is 23.7 Å². The summed E-state index contributed by atoms with van der Waals surface area (Å²) in [7, 11) is 1.55. The average Bonchev–Trinajstić information content (AvgIpc) is 3.01. The number of benzene rings is 2. The predicted molar refractivity (Wildman–Crippen MR) is 93.8 cm³/mol. The first-order valence-corrected chi connectivity index (χ1v) is 8.17. The Morgan fingerprint density at radius 3 is 2.69 bits per heavy atom. The van der Waals surface area contributed by atoms with Gasteiger partial charge < -0.3 is 19.7 Å². The number of nitrogens with zero attached hydrogens (tertiary/aromatic N) is 1. The Balaban J connectivity index is 1.51. The highest BCUT2D eigenvalue weighted by atomic mass is 19.1. The molecule has 1 atom stereocenters. The molecule has 136 valence electrons. The third kappa shape index (κ3) is 4.30. The fraction of sp³-hybridized carbons (Fsp3) is 0.263. The number of halogens is 1. The van der Waals surface area contributed by atoms with E-state index in [-0.39, 0.29) is 36.7 Å². The first-order chi connectivity index (χ1) is 12.5. The van der Waals surface area contributed by atoms with E-state index in [9.17, 15) is 14.0 Å². The van der Waals surface area contributed by atoms with Gasteiger partial charge >= 0.3 is 0 Å². The van der Waals surface area contributed by atoms with E-state index >= 15 is 0 Å². The molecule has 3 rings (SSSR count). The molecule has 1 aliphatic rings. The largest absolute Gasteiger partial charge is 0.497 e. The van der Waals surface area contributed by atoms with Crippen LogP contribution in [0.25, 0.3) is 0 Å². The summed E-state index contributed by atoms with van der Waals surface area (Å²) >= 11 is 0. The van der Waals surface area contributed by atoms with Crippen molar-refractivity contribution in [3.8, 4) is 11.5 Å². The van der Waals surface area contributed by atoms with Crippen molar-refractivity contribution in [2.24, 2.45) is 0 Å². The van der Waals surface area contributed by atoms with Gasteiger partial charge in [-0.05, 0) is 36.4 Å². The summed E-state index contributed by atoms with van der Waals surface area (Å²) in [6, 6.07) is 12.3. The molecule has 6 nitrogen and oxygen atoms in total. The van der Waals surface area contributed by atoms with Crippen LogP contribution in [0.5, 0.6) is 11.5 Å². The molecule has 2 aromatic carbocycles. The van der Waals surface area contributed by atoms with Gasteiger partial charge in [0.1, 0.15) is 17.3 Å². The van der Waals surface area contributed by atoms with Crippen LogP contribution in [-0.4, -0.2) is 38.1 Å². The maximum absolute atomic E-state index is 13.0. The van der Waals surface area contributed by atoms with Crippen LogP contribution in [0, 0.1) is 5.82 Å². The molecular weight excluding hydrogens is 339 g/mol. The van der Waals surface area contributed by atoms with Crippen molar-refractivity contribution in [1.82, 2.24) is 5.32 Å². The number of anilines is 1.